The first kappa shape index (κ1) is 67.2. The van der Waals surface area contributed by atoms with Crippen molar-refractivity contribution in [3.63, 3.8) is 0 Å². The van der Waals surface area contributed by atoms with E-state index in [4.69, 9.17) is 21.7 Å². The van der Waals surface area contributed by atoms with Crippen molar-refractivity contribution in [3.05, 3.63) is 18.2 Å². The molecule has 0 aromatic carbocycles. The fourth-order valence-electron chi connectivity index (χ4n) is 7.74. The molecule has 1 aromatic rings. The zero-order valence-corrected chi connectivity index (χ0v) is 44.5. The molecule has 18 N–H and O–H groups in total. The number of aliphatic hydroxyl groups excluding tert-OH is 1. The Morgan fingerprint density at radius 3 is 1.53 bits per heavy atom. The minimum Gasteiger partial charge on any atom is -0.481 e. The Morgan fingerprint density at radius 1 is 0.633 bits per heavy atom. The van der Waals surface area contributed by atoms with Crippen molar-refractivity contribution in [1.82, 2.24) is 57.4 Å². The van der Waals surface area contributed by atoms with Gasteiger partial charge in [0.15, 0.2) is 0 Å². The van der Waals surface area contributed by atoms with E-state index in [1.165, 1.54) is 12.5 Å². The van der Waals surface area contributed by atoms with Crippen LogP contribution in [-0.4, -0.2) is 203 Å². The van der Waals surface area contributed by atoms with Gasteiger partial charge in [0, 0.05) is 56.3 Å². The highest BCUT2D eigenvalue weighted by molar-refractivity contribution is 7.80. The number of rotatable bonds is 36. The van der Waals surface area contributed by atoms with E-state index in [0.29, 0.717) is 6.42 Å². The van der Waals surface area contributed by atoms with Gasteiger partial charge in [0.25, 0.3) is 0 Å². The number of hydrogen-bond donors (Lipinski definition) is 17. The first-order valence-electron chi connectivity index (χ1n) is 24.9. The number of carbonyl (C=O) groups is 14. The van der Waals surface area contributed by atoms with Gasteiger partial charge in [-0.2, -0.15) is 12.6 Å². The average molecular weight is 1140 g/mol. The molecule has 2 rings (SSSR count). The summed E-state index contributed by atoms with van der Waals surface area (Å²) < 4.78 is 0. The smallest absolute Gasteiger partial charge is 0.325 e. The summed E-state index contributed by atoms with van der Waals surface area (Å²) in [6.45, 7) is 3.59. The zero-order valence-electron chi connectivity index (χ0n) is 43.6. The van der Waals surface area contributed by atoms with E-state index in [9.17, 15) is 82.4 Å². The van der Waals surface area contributed by atoms with Crippen LogP contribution in [0.25, 0.3) is 0 Å². The lowest BCUT2D eigenvalue weighted by molar-refractivity contribution is -0.142. The van der Waals surface area contributed by atoms with Crippen molar-refractivity contribution in [2.45, 2.75) is 158 Å². The second-order valence-electron chi connectivity index (χ2n) is 18.9. The monoisotopic (exact) mass is 1140 g/mol. The Bertz CT molecular complexity index is 2360. The molecule has 1 aliphatic heterocycles. The summed E-state index contributed by atoms with van der Waals surface area (Å²) in [6, 6.07) is -15.5. The molecule has 32 nitrogen and oxygen atoms in total. The molecule has 2 heterocycles. The summed E-state index contributed by atoms with van der Waals surface area (Å²) >= 11 is 4.13. The fourth-order valence-corrected chi connectivity index (χ4v) is 8.00. The molecule has 440 valence electrons. The second-order valence-corrected chi connectivity index (χ2v) is 19.2. The predicted octanol–water partition coefficient (Wildman–Crippen LogP) is -5.92. The number of hydrogen-bond acceptors (Lipinski definition) is 18. The van der Waals surface area contributed by atoms with Gasteiger partial charge in [-0.25, -0.2) is 4.98 Å². The van der Waals surface area contributed by atoms with E-state index in [1.54, 1.807) is 13.8 Å². The number of H-pyrrole nitrogens is 1. The number of amides is 10. The van der Waals surface area contributed by atoms with Crippen LogP contribution in [0, 0.1) is 5.92 Å². The number of nitrogens with two attached hydrogens (primary N) is 2. The summed E-state index contributed by atoms with van der Waals surface area (Å²) in [5.41, 5.74) is 11.6. The number of carboxylic acid groups (broad SMARTS) is 4. The third kappa shape index (κ3) is 23.7. The van der Waals surface area contributed by atoms with Gasteiger partial charge in [0.1, 0.15) is 54.4 Å². The highest BCUT2D eigenvalue weighted by Gasteiger charge is 2.39. The molecule has 1 saturated heterocycles. The number of aliphatic hydroxyl groups is 1. The van der Waals surface area contributed by atoms with E-state index >= 15 is 0 Å². The number of imidazole rings is 1. The minimum atomic E-state index is -1.87. The number of carbonyl (C=O) groups excluding carboxylic acids is 10. The molecule has 79 heavy (non-hydrogen) atoms. The summed E-state index contributed by atoms with van der Waals surface area (Å²) in [7, 11) is 0. The number of nitrogens with zero attached hydrogens (tertiary/aromatic N) is 2. The number of primary amides is 1. The molecule has 0 bridgehead atoms. The third-order valence-corrected chi connectivity index (χ3v) is 12.4. The Hall–Kier alpha value is -7.94. The van der Waals surface area contributed by atoms with Crippen LogP contribution in [0.2, 0.25) is 0 Å². The number of aromatic amines is 1. The topological polar surface area (TPSA) is 520 Å². The zero-order chi connectivity index (χ0) is 59.7. The fraction of sp³-hybridized carbons (Fsp3) is 0.630. The first-order valence-corrected chi connectivity index (χ1v) is 25.6. The highest BCUT2D eigenvalue weighted by atomic mass is 32.1. The van der Waals surface area contributed by atoms with Crippen molar-refractivity contribution in [3.8, 4) is 0 Å². The molecule has 0 spiro atoms. The maximum Gasteiger partial charge on any atom is 0.325 e. The summed E-state index contributed by atoms with van der Waals surface area (Å²) in [5.74, 6) is -16.6. The van der Waals surface area contributed by atoms with Gasteiger partial charge in [0.05, 0.1) is 19.0 Å². The number of thiol groups is 1. The molecule has 10 amide bonds. The number of aromatic nitrogens is 2. The van der Waals surface area contributed by atoms with Gasteiger partial charge < -0.3 is 89.4 Å². The van der Waals surface area contributed by atoms with Gasteiger partial charge in [-0.15, -0.1) is 0 Å². The predicted molar refractivity (Wildman–Crippen MR) is 273 cm³/mol. The van der Waals surface area contributed by atoms with E-state index in [2.05, 4.69) is 65.1 Å². The minimum absolute atomic E-state index is 0.0711. The highest BCUT2D eigenvalue weighted by Crippen LogP contribution is 2.20. The number of nitrogens with one attached hydrogen (secondary N) is 9. The van der Waals surface area contributed by atoms with Crippen molar-refractivity contribution in [2.75, 3.05) is 18.9 Å². The van der Waals surface area contributed by atoms with Crippen LogP contribution >= 0.6 is 12.6 Å². The van der Waals surface area contributed by atoms with Gasteiger partial charge in [-0.3, -0.25) is 67.1 Å². The lowest BCUT2D eigenvalue weighted by atomic mass is 10.0. The lowest BCUT2D eigenvalue weighted by Gasteiger charge is -2.29. The van der Waals surface area contributed by atoms with E-state index in [0.717, 1.165) is 11.8 Å². The largest absolute Gasteiger partial charge is 0.481 e. The Morgan fingerprint density at radius 2 is 1.08 bits per heavy atom. The van der Waals surface area contributed by atoms with Crippen molar-refractivity contribution in [2.24, 2.45) is 17.4 Å². The molecular weight excluding hydrogens is 1070 g/mol. The molecular formula is C46H71N13O19S. The summed E-state index contributed by atoms with van der Waals surface area (Å²) in [4.78, 5) is 188. The average Bonchev–Trinajstić information content (AvgIpc) is 4.09. The third-order valence-electron chi connectivity index (χ3n) is 12.0. The standard InChI is InChI=1S/C46H71N13O19S/c1-21(2)15-28(40(71)57-30(18-60)42(73)51-22(3)46(77)78)55-43(74)31(19-79)58-39(70)25(7-10-33(48)61)52-37(68)26(8-12-35(64)65)53-38(69)27(9-13-36(66)67)54-41(72)29(16-23-17-49-20-50-23)56-44(75)32-5-4-14-59(32)45(76)24(47)6-11-34(62)63/h17,20-22,24-32,60,79H,4-16,18-19,47H2,1-3H3,(H2,48,61)(H,49,50)(H,51,73)(H,52,68)(H,53,69)(H,54,72)(H,55,74)(H,56,75)(H,57,71)(H,58,70)(H,62,63)(H,64,65)(H,66,67)(H,77,78)/t22-,24-,25-,26-,27-,28-,29-,30-,31-,32-/m0/s1. The second kappa shape index (κ2) is 33.4. The number of aliphatic carboxylic acids is 4. The van der Waals surface area contributed by atoms with Gasteiger partial charge >= 0.3 is 23.9 Å². The molecule has 1 fully saturated rings. The van der Waals surface area contributed by atoms with Crippen LogP contribution in [-0.2, 0) is 73.5 Å². The van der Waals surface area contributed by atoms with E-state index in [-0.39, 0.29) is 43.8 Å². The number of carboxylic acids is 4. The molecule has 1 aromatic heterocycles. The lowest BCUT2D eigenvalue weighted by Crippen LogP contribution is -2.61. The van der Waals surface area contributed by atoms with E-state index in [1.807, 2.05) is 0 Å². The van der Waals surface area contributed by atoms with Crippen LogP contribution in [0.1, 0.15) is 97.1 Å². The quantitative estimate of drug-likeness (QED) is 0.0278. The van der Waals surface area contributed by atoms with Crippen LogP contribution in [0.15, 0.2) is 12.5 Å². The van der Waals surface area contributed by atoms with Crippen LogP contribution in [0.3, 0.4) is 0 Å². The molecule has 0 radical (unpaired) electrons. The van der Waals surface area contributed by atoms with E-state index < -0.39 is 201 Å². The number of likely N-dealkylation sites (tertiary alicyclic amines) is 1. The normalized spacial score (nSPS) is 16.4. The first-order chi connectivity index (χ1) is 37.1. The Kier molecular flexibility index (Phi) is 28.4. The SMILES string of the molecule is CC(C)C[C@H](NC(=O)[C@H](CS)NC(=O)[C@H](CCC(N)=O)NC(=O)[C@H](CCC(=O)O)NC(=O)[C@H](CCC(=O)O)NC(=O)[C@H](Cc1cnc[nH]1)NC(=O)[C@@H]1CCCN1C(=O)[C@@H](N)CCC(=O)O)C(=O)N[C@@H](CO)C(=O)N[C@@H](C)C(=O)O. The molecule has 0 aliphatic carbocycles. The molecule has 0 saturated carbocycles. The van der Waals surface area contributed by atoms with Gasteiger partial charge in [-0.05, 0) is 57.8 Å². The molecule has 10 atom stereocenters. The van der Waals surface area contributed by atoms with Crippen LogP contribution in [0.4, 0.5) is 0 Å². The van der Waals surface area contributed by atoms with Crippen LogP contribution in [0.5, 0.6) is 0 Å². The van der Waals surface area contributed by atoms with Crippen molar-refractivity contribution < 1.29 is 92.7 Å². The maximum atomic E-state index is 14.1. The molecule has 33 heteroatoms. The van der Waals surface area contributed by atoms with Crippen molar-refractivity contribution >= 4 is 95.6 Å². The Labute approximate surface area is 457 Å². The molecule has 1 aliphatic rings. The van der Waals surface area contributed by atoms with Crippen molar-refractivity contribution in [1.29, 1.82) is 0 Å². The summed E-state index contributed by atoms with van der Waals surface area (Å²) in [5, 5.41) is 65.6. The van der Waals surface area contributed by atoms with Crippen LogP contribution < -0.4 is 54.0 Å². The summed E-state index contributed by atoms with van der Waals surface area (Å²) in [6.07, 6.45) is -2.04. The molecule has 0 unspecified atom stereocenters. The van der Waals surface area contributed by atoms with Gasteiger partial charge in [0.2, 0.25) is 59.1 Å². The maximum absolute atomic E-state index is 14.1. The Balaban J connectivity index is 2.41. The van der Waals surface area contributed by atoms with Gasteiger partial charge in [-0.1, -0.05) is 13.8 Å².